The van der Waals surface area contributed by atoms with Gasteiger partial charge in [0.2, 0.25) is 0 Å². The van der Waals surface area contributed by atoms with Gasteiger partial charge in [0.05, 0.1) is 0 Å². The Bertz CT molecular complexity index is 591. The third kappa shape index (κ3) is 2.06. The molecule has 3 rings (SSSR count). The summed E-state index contributed by atoms with van der Waals surface area (Å²) in [6.45, 7) is 8.37. The van der Waals surface area contributed by atoms with E-state index in [2.05, 4.69) is 46.3 Å². The van der Waals surface area contributed by atoms with Gasteiger partial charge < -0.3 is 10.2 Å². The van der Waals surface area contributed by atoms with Crippen LogP contribution < -0.4 is 10.2 Å². The van der Waals surface area contributed by atoms with E-state index in [1.807, 2.05) is 23.7 Å². The molecule has 2 aromatic rings. The third-order valence-electron chi connectivity index (χ3n) is 3.53. The highest BCUT2D eigenvalue weighted by molar-refractivity contribution is 5.48. The van der Waals surface area contributed by atoms with Gasteiger partial charge >= 0.3 is 0 Å². The van der Waals surface area contributed by atoms with Crippen molar-refractivity contribution in [3.63, 3.8) is 0 Å². The molecule has 6 nitrogen and oxygen atoms in total. The maximum Gasteiger partial charge on any atom is 0.178 e. The molecular weight excluding hydrogens is 240 g/mol. The molecule has 1 N–H and O–H groups in total. The fourth-order valence-electron chi connectivity index (χ4n) is 2.26. The van der Waals surface area contributed by atoms with E-state index in [4.69, 9.17) is 0 Å². The second-order valence-electron chi connectivity index (χ2n) is 6.13. The second kappa shape index (κ2) is 4.16. The summed E-state index contributed by atoms with van der Waals surface area (Å²) in [7, 11) is 2.00. The first-order chi connectivity index (χ1) is 8.99. The maximum absolute atomic E-state index is 4.68. The molecule has 6 heteroatoms. The molecule has 2 aromatic heterocycles. The Morgan fingerprint density at radius 1 is 1.21 bits per heavy atom. The molecule has 0 unspecified atom stereocenters. The van der Waals surface area contributed by atoms with Crippen LogP contribution in [0, 0.1) is 0 Å². The van der Waals surface area contributed by atoms with E-state index in [-0.39, 0.29) is 5.41 Å². The van der Waals surface area contributed by atoms with E-state index >= 15 is 0 Å². The van der Waals surface area contributed by atoms with Crippen molar-refractivity contribution in [2.45, 2.75) is 32.2 Å². The van der Waals surface area contributed by atoms with E-state index < -0.39 is 0 Å². The van der Waals surface area contributed by atoms with Gasteiger partial charge in [-0.05, 0) is 19.2 Å². The van der Waals surface area contributed by atoms with Gasteiger partial charge in [0.25, 0.3) is 0 Å². The zero-order chi connectivity index (χ0) is 13.6. The van der Waals surface area contributed by atoms with Crippen molar-refractivity contribution in [1.82, 2.24) is 25.1 Å². The lowest BCUT2D eigenvalue weighted by Gasteiger charge is -2.39. The number of nitrogens with zero attached hydrogens (tertiary/aromatic N) is 5. The topological polar surface area (TPSA) is 58.3 Å². The summed E-state index contributed by atoms with van der Waals surface area (Å²) in [6, 6.07) is 4.57. The first-order valence-electron chi connectivity index (χ1n) is 6.64. The minimum absolute atomic E-state index is 0.0620. The van der Waals surface area contributed by atoms with E-state index in [0.29, 0.717) is 6.04 Å². The minimum atomic E-state index is -0.0620. The predicted octanol–water partition coefficient (Wildman–Crippen LogP) is 0.830. The standard InChI is InChI=1S/C13H20N6/c1-13(2,3)12-16-15-10-5-6-11(17-19(10)12)18-7-9(8-18)14-4/h5-6,9,14H,7-8H2,1-4H3. The summed E-state index contributed by atoms with van der Waals surface area (Å²) < 4.78 is 1.86. The summed E-state index contributed by atoms with van der Waals surface area (Å²) in [6.07, 6.45) is 0. The predicted molar refractivity (Wildman–Crippen MR) is 74.5 cm³/mol. The molecule has 1 aliphatic heterocycles. The van der Waals surface area contributed by atoms with Crippen LogP contribution in [0.3, 0.4) is 0 Å². The van der Waals surface area contributed by atoms with Gasteiger partial charge in [-0.2, -0.15) is 4.52 Å². The average Bonchev–Trinajstić information content (AvgIpc) is 2.70. The Morgan fingerprint density at radius 2 is 1.95 bits per heavy atom. The summed E-state index contributed by atoms with van der Waals surface area (Å²) in [5, 5.41) is 16.4. The number of fused-ring (bicyclic) bond motifs is 1. The van der Waals surface area contributed by atoms with Gasteiger partial charge in [-0.15, -0.1) is 15.3 Å². The summed E-state index contributed by atoms with van der Waals surface area (Å²) >= 11 is 0. The lowest BCUT2D eigenvalue weighted by Crippen LogP contribution is -2.57. The Kier molecular flexibility index (Phi) is 2.70. The molecule has 0 bridgehead atoms. The van der Waals surface area contributed by atoms with Crippen LogP contribution in [0.1, 0.15) is 26.6 Å². The molecule has 102 valence electrons. The van der Waals surface area contributed by atoms with Gasteiger partial charge in [0.15, 0.2) is 11.5 Å². The van der Waals surface area contributed by atoms with Crippen molar-refractivity contribution < 1.29 is 0 Å². The highest BCUT2D eigenvalue weighted by Gasteiger charge is 2.27. The summed E-state index contributed by atoms with van der Waals surface area (Å²) in [4.78, 5) is 2.26. The van der Waals surface area contributed by atoms with E-state index in [1.54, 1.807) is 0 Å². The smallest absolute Gasteiger partial charge is 0.178 e. The summed E-state index contributed by atoms with van der Waals surface area (Å²) in [5.74, 6) is 1.89. The zero-order valence-electron chi connectivity index (χ0n) is 11.9. The molecule has 0 amide bonds. The number of nitrogens with one attached hydrogen (secondary N) is 1. The quantitative estimate of drug-likeness (QED) is 0.866. The van der Waals surface area contributed by atoms with Crippen LogP contribution in [0.25, 0.3) is 5.65 Å². The van der Waals surface area contributed by atoms with Gasteiger partial charge in [-0.3, -0.25) is 0 Å². The molecule has 0 saturated carbocycles. The first-order valence-corrected chi connectivity index (χ1v) is 6.64. The molecule has 1 saturated heterocycles. The van der Waals surface area contributed by atoms with E-state index in [1.165, 1.54) is 0 Å². The van der Waals surface area contributed by atoms with Crippen LogP contribution in [0.4, 0.5) is 5.82 Å². The molecular formula is C13H20N6. The lowest BCUT2D eigenvalue weighted by molar-refractivity contribution is 0.444. The molecule has 0 atom stereocenters. The normalized spacial score (nSPS) is 16.9. The molecule has 0 aliphatic carbocycles. The van der Waals surface area contributed by atoms with Crippen molar-refractivity contribution in [2.75, 3.05) is 25.0 Å². The second-order valence-corrected chi connectivity index (χ2v) is 6.13. The van der Waals surface area contributed by atoms with Gasteiger partial charge in [-0.25, -0.2) is 0 Å². The van der Waals surface area contributed by atoms with Crippen LogP contribution in [0.5, 0.6) is 0 Å². The number of aromatic nitrogens is 4. The number of hydrogen-bond donors (Lipinski definition) is 1. The van der Waals surface area contributed by atoms with Crippen LogP contribution in [0.15, 0.2) is 12.1 Å². The van der Waals surface area contributed by atoms with Crippen LogP contribution in [-0.4, -0.2) is 46.0 Å². The molecule has 0 spiro atoms. The van der Waals surface area contributed by atoms with E-state index in [9.17, 15) is 0 Å². The van der Waals surface area contributed by atoms with Crippen molar-refractivity contribution in [1.29, 1.82) is 0 Å². The molecule has 0 radical (unpaired) electrons. The molecule has 0 aromatic carbocycles. The summed E-state index contributed by atoms with van der Waals surface area (Å²) in [5.41, 5.74) is 0.743. The highest BCUT2D eigenvalue weighted by atomic mass is 15.4. The fourth-order valence-corrected chi connectivity index (χ4v) is 2.26. The Labute approximate surface area is 112 Å². The van der Waals surface area contributed by atoms with Crippen molar-refractivity contribution in [3.05, 3.63) is 18.0 Å². The Balaban J connectivity index is 1.96. The number of rotatable bonds is 2. The van der Waals surface area contributed by atoms with Crippen LogP contribution >= 0.6 is 0 Å². The Hall–Kier alpha value is -1.69. The monoisotopic (exact) mass is 260 g/mol. The number of hydrogen-bond acceptors (Lipinski definition) is 5. The van der Waals surface area contributed by atoms with Crippen molar-refractivity contribution in [3.8, 4) is 0 Å². The lowest BCUT2D eigenvalue weighted by atomic mass is 9.96. The zero-order valence-corrected chi connectivity index (χ0v) is 11.9. The van der Waals surface area contributed by atoms with Gasteiger partial charge in [-0.1, -0.05) is 20.8 Å². The minimum Gasteiger partial charge on any atom is -0.352 e. The van der Waals surface area contributed by atoms with Gasteiger partial charge in [0, 0.05) is 24.5 Å². The van der Waals surface area contributed by atoms with Crippen molar-refractivity contribution in [2.24, 2.45) is 0 Å². The first kappa shape index (κ1) is 12.3. The Morgan fingerprint density at radius 3 is 2.58 bits per heavy atom. The largest absolute Gasteiger partial charge is 0.352 e. The van der Waals surface area contributed by atoms with Gasteiger partial charge in [0.1, 0.15) is 5.82 Å². The molecule has 1 aliphatic rings. The highest BCUT2D eigenvalue weighted by Crippen LogP contribution is 2.23. The SMILES string of the molecule is CNC1CN(c2ccc3nnc(C(C)(C)C)n3n2)C1. The average molecular weight is 260 g/mol. The maximum atomic E-state index is 4.68. The van der Waals surface area contributed by atoms with Crippen LogP contribution in [0.2, 0.25) is 0 Å². The molecule has 19 heavy (non-hydrogen) atoms. The number of likely N-dealkylation sites (N-methyl/N-ethyl adjacent to an activating group) is 1. The third-order valence-corrected chi connectivity index (χ3v) is 3.53. The molecule has 1 fully saturated rings. The molecule has 3 heterocycles. The fraction of sp³-hybridized carbons (Fsp3) is 0.615. The van der Waals surface area contributed by atoms with E-state index in [0.717, 1.165) is 30.4 Å². The number of anilines is 1. The van der Waals surface area contributed by atoms with Crippen molar-refractivity contribution >= 4 is 11.5 Å². The van der Waals surface area contributed by atoms with Crippen LogP contribution in [-0.2, 0) is 5.41 Å².